The van der Waals surface area contributed by atoms with Gasteiger partial charge in [0.15, 0.2) is 0 Å². The van der Waals surface area contributed by atoms with Crippen LogP contribution in [0.4, 0.5) is 0 Å². The fraction of sp³-hybridized carbons (Fsp3) is 0.692. The van der Waals surface area contributed by atoms with Crippen LogP contribution < -0.4 is 0 Å². The molecule has 1 fully saturated rings. The molecule has 4 nitrogen and oxygen atoms in total. The molecular weight excluding hydrogens is 220 g/mol. The summed E-state index contributed by atoms with van der Waals surface area (Å²) >= 11 is 0. The van der Waals surface area contributed by atoms with Crippen molar-refractivity contribution >= 4 is 11.9 Å². The van der Waals surface area contributed by atoms with E-state index in [4.69, 9.17) is 4.74 Å². The smallest absolute Gasteiger partial charge is 0.309 e. The van der Waals surface area contributed by atoms with Gasteiger partial charge in [-0.2, -0.15) is 0 Å². The molecule has 0 radical (unpaired) electrons. The van der Waals surface area contributed by atoms with E-state index >= 15 is 0 Å². The van der Waals surface area contributed by atoms with Gasteiger partial charge in [-0.15, -0.1) is 0 Å². The molecule has 1 aliphatic rings. The van der Waals surface area contributed by atoms with E-state index in [2.05, 4.69) is 4.74 Å². The minimum atomic E-state index is -0.172. The van der Waals surface area contributed by atoms with Crippen molar-refractivity contribution in [1.29, 1.82) is 0 Å². The monoisotopic (exact) mass is 240 g/mol. The fourth-order valence-electron chi connectivity index (χ4n) is 1.80. The third-order valence-corrected chi connectivity index (χ3v) is 2.84. The van der Waals surface area contributed by atoms with Crippen LogP contribution in [-0.4, -0.2) is 25.7 Å². The second-order valence-electron chi connectivity index (χ2n) is 4.18. The SMILES string of the molecule is COC(=O)CCC/C=C/CC1CCCOC1=O. The molecule has 0 N–H and O–H groups in total. The quantitative estimate of drug-likeness (QED) is 0.406. The molecule has 1 saturated heterocycles. The lowest BCUT2D eigenvalue weighted by molar-refractivity contribution is -0.152. The largest absolute Gasteiger partial charge is 0.469 e. The van der Waals surface area contributed by atoms with E-state index in [1.165, 1.54) is 7.11 Å². The lowest BCUT2D eigenvalue weighted by Gasteiger charge is -2.19. The summed E-state index contributed by atoms with van der Waals surface area (Å²) in [5.74, 6) is -0.217. The summed E-state index contributed by atoms with van der Waals surface area (Å²) in [4.78, 5) is 22.2. The van der Waals surface area contributed by atoms with Crippen LogP contribution in [0, 0.1) is 5.92 Å². The highest BCUT2D eigenvalue weighted by Crippen LogP contribution is 2.19. The Morgan fingerprint density at radius 2 is 2.35 bits per heavy atom. The van der Waals surface area contributed by atoms with Gasteiger partial charge in [0.25, 0.3) is 0 Å². The maximum absolute atomic E-state index is 11.3. The first kappa shape index (κ1) is 13.7. The van der Waals surface area contributed by atoms with Crippen LogP contribution >= 0.6 is 0 Å². The predicted molar refractivity (Wildman–Crippen MR) is 63.3 cm³/mol. The van der Waals surface area contributed by atoms with Gasteiger partial charge < -0.3 is 9.47 Å². The van der Waals surface area contributed by atoms with Gasteiger partial charge in [-0.1, -0.05) is 12.2 Å². The van der Waals surface area contributed by atoms with Gasteiger partial charge in [0.2, 0.25) is 0 Å². The molecule has 1 unspecified atom stereocenters. The highest BCUT2D eigenvalue weighted by molar-refractivity contribution is 5.73. The molecule has 4 heteroatoms. The minimum absolute atomic E-state index is 0.0283. The Hall–Kier alpha value is -1.32. The molecule has 0 spiro atoms. The molecule has 1 atom stereocenters. The van der Waals surface area contributed by atoms with E-state index in [0.717, 1.165) is 32.1 Å². The van der Waals surface area contributed by atoms with Gasteiger partial charge in [-0.3, -0.25) is 9.59 Å². The Labute approximate surface area is 102 Å². The third kappa shape index (κ3) is 5.52. The maximum Gasteiger partial charge on any atom is 0.309 e. The second-order valence-corrected chi connectivity index (χ2v) is 4.18. The minimum Gasteiger partial charge on any atom is -0.469 e. The van der Waals surface area contributed by atoms with Gasteiger partial charge >= 0.3 is 11.9 Å². The number of cyclic esters (lactones) is 1. The average Bonchev–Trinajstić information content (AvgIpc) is 2.35. The number of hydrogen-bond donors (Lipinski definition) is 0. The van der Waals surface area contributed by atoms with E-state index in [1.807, 2.05) is 12.2 Å². The van der Waals surface area contributed by atoms with Crippen LogP contribution in [0.2, 0.25) is 0 Å². The van der Waals surface area contributed by atoms with Crippen LogP contribution in [0.5, 0.6) is 0 Å². The predicted octanol–water partition coefficient (Wildman–Crippen LogP) is 2.23. The lowest BCUT2D eigenvalue weighted by Crippen LogP contribution is -2.23. The van der Waals surface area contributed by atoms with Crippen molar-refractivity contribution in [2.75, 3.05) is 13.7 Å². The van der Waals surface area contributed by atoms with Crippen molar-refractivity contribution in [2.24, 2.45) is 5.92 Å². The van der Waals surface area contributed by atoms with Gasteiger partial charge in [-0.05, 0) is 32.1 Å². The summed E-state index contributed by atoms with van der Waals surface area (Å²) in [6.07, 6.45) is 8.75. The number of unbranched alkanes of at least 4 members (excludes halogenated alkanes) is 1. The van der Waals surface area contributed by atoms with Crippen LogP contribution in [-0.2, 0) is 19.1 Å². The molecule has 1 rings (SSSR count). The summed E-state index contributed by atoms with van der Waals surface area (Å²) in [5, 5.41) is 0. The number of methoxy groups -OCH3 is 1. The van der Waals surface area contributed by atoms with Crippen molar-refractivity contribution in [3.05, 3.63) is 12.2 Å². The zero-order valence-corrected chi connectivity index (χ0v) is 10.3. The molecular formula is C13H20O4. The number of allylic oxidation sites excluding steroid dienone is 2. The van der Waals surface area contributed by atoms with Crippen LogP contribution in [0.1, 0.15) is 38.5 Å². The highest BCUT2D eigenvalue weighted by atomic mass is 16.5. The zero-order valence-electron chi connectivity index (χ0n) is 10.3. The molecule has 0 saturated carbocycles. The van der Waals surface area contributed by atoms with Crippen LogP contribution in [0.15, 0.2) is 12.2 Å². The van der Waals surface area contributed by atoms with Gasteiger partial charge in [-0.25, -0.2) is 0 Å². The fourth-order valence-corrected chi connectivity index (χ4v) is 1.80. The van der Waals surface area contributed by atoms with E-state index in [9.17, 15) is 9.59 Å². The summed E-state index contributed by atoms with van der Waals surface area (Å²) in [7, 11) is 1.40. The summed E-state index contributed by atoms with van der Waals surface area (Å²) in [6, 6.07) is 0. The Kier molecular flexibility index (Phi) is 6.37. The average molecular weight is 240 g/mol. The van der Waals surface area contributed by atoms with E-state index in [-0.39, 0.29) is 17.9 Å². The number of ether oxygens (including phenoxy) is 2. The first-order valence-electron chi connectivity index (χ1n) is 6.12. The number of carbonyl (C=O) groups is 2. The number of esters is 2. The van der Waals surface area contributed by atoms with Crippen molar-refractivity contribution < 1.29 is 19.1 Å². The molecule has 0 bridgehead atoms. The van der Waals surface area contributed by atoms with Crippen molar-refractivity contribution in [1.82, 2.24) is 0 Å². The number of rotatable bonds is 6. The Balaban J connectivity index is 2.08. The topological polar surface area (TPSA) is 52.6 Å². The molecule has 0 aromatic carbocycles. The third-order valence-electron chi connectivity index (χ3n) is 2.84. The maximum atomic E-state index is 11.3. The first-order valence-corrected chi connectivity index (χ1v) is 6.12. The lowest BCUT2D eigenvalue weighted by atomic mass is 9.97. The van der Waals surface area contributed by atoms with Gasteiger partial charge in [0.1, 0.15) is 0 Å². The molecule has 0 aliphatic carbocycles. The van der Waals surface area contributed by atoms with Gasteiger partial charge in [0, 0.05) is 6.42 Å². The van der Waals surface area contributed by atoms with Crippen LogP contribution in [0.25, 0.3) is 0 Å². The van der Waals surface area contributed by atoms with E-state index < -0.39 is 0 Å². The Morgan fingerprint density at radius 1 is 1.53 bits per heavy atom. The first-order chi connectivity index (χ1) is 8.24. The molecule has 0 aromatic rings. The standard InChI is InChI=1S/C13H20O4/c1-16-12(14)9-5-3-2-4-7-11-8-6-10-17-13(11)15/h2,4,11H,3,5-10H2,1H3/b4-2+. The Bertz CT molecular complexity index is 283. The summed E-state index contributed by atoms with van der Waals surface area (Å²) in [5.41, 5.74) is 0. The second kappa shape index (κ2) is 7.87. The zero-order chi connectivity index (χ0) is 12.5. The summed E-state index contributed by atoms with van der Waals surface area (Å²) in [6.45, 7) is 0.568. The molecule has 17 heavy (non-hydrogen) atoms. The Morgan fingerprint density at radius 3 is 3.06 bits per heavy atom. The molecule has 1 aliphatic heterocycles. The number of hydrogen-bond acceptors (Lipinski definition) is 4. The van der Waals surface area contributed by atoms with Crippen LogP contribution in [0.3, 0.4) is 0 Å². The summed E-state index contributed by atoms with van der Waals surface area (Å²) < 4.78 is 9.52. The highest BCUT2D eigenvalue weighted by Gasteiger charge is 2.22. The number of carbonyl (C=O) groups excluding carboxylic acids is 2. The molecule has 0 aromatic heterocycles. The van der Waals surface area contributed by atoms with E-state index in [0.29, 0.717) is 13.0 Å². The van der Waals surface area contributed by atoms with E-state index in [1.54, 1.807) is 0 Å². The normalized spacial score (nSPS) is 20.3. The molecule has 1 heterocycles. The molecule has 0 amide bonds. The van der Waals surface area contributed by atoms with Crippen molar-refractivity contribution in [3.8, 4) is 0 Å². The van der Waals surface area contributed by atoms with Crippen molar-refractivity contribution in [2.45, 2.75) is 38.5 Å². The molecule has 96 valence electrons. The van der Waals surface area contributed by atoms with Crippen molar-refractivity contribution in [3.63, 3.8) is 0 Å². The van der Waals surface area contributed by atoms with Gasteiger partial charge in [0.05, 0.1) is 19.6 Å².